The van der Waals surface area contributed by atoms with Gasteiger partial charge in [-0.1, -0.05) is 6.07 Å². The smallest absolute Gasteiger partial charge is 0.229 e. The Labute approximate surface area is 243 Å². The van der Waals surface area contributed by atoms with Crippen LogP contribution in [0.2, 0.25) is 0 Å². The van der Waals surface area contributed by atoms with Crippen LogP contribution >= 0.6 is 0 Å². The highest BCUT2D eigenvalue weighted by atomic mass is 16.8. The second-order valence-electron chi connectivity index (χ2n) is 10.3. The third-order valence-corrected chi connectivity index (χ3v) is 7.44. The molecule has 0 amide bonds. The number of ketones is 1. The van der Waals surface area contributed by atoms with Gasteiger partial charge in [-0.3, -0.25) is 4.79 Å². The number of hydrogen-bond donors (Lipinski definition) is 9. The maximum absolute atomic E-state index is 12.9. The topological polar surface area (TPSA) is 255 Å². The van der Waals surface area contributed by atoms with Crippen molar-refractivity contribution in [3.05, 3.63) is 41.5 Å². The van der Waals surface area contributed by atoms with Crippen LogP contribution in [0.1, 0.15) is 28.4 Å². The van der Waals surface area contributed by atoms with E-state index in [0.717, 1.165) is 6.07 Å². The first-order valence-corrected chi connectivity index (χ1v) is 13.2. The van der Waals surface area contributed by atoms with Crippen LogP contribution in [0, 0.1) is 0 Å². The number of phenols is 2. The Morgan fingerprint density at radius 1 is 0.814 bits per heavy atom. The van der Waals surface area contributed by atoms with Gasteiger partial charge in [0.25, 0.3) is 0 Å². The minimum atomic E-state index is -1.88. The molecule has 0 spiro atoms. The van der Waals surface area contributed by atoms with Gasteiger partial charge in [0.2, 0.25) is 6.29 Å². The fraction of sp³-hybridized carbons (Fsp3) is 0.519. The van der Waals surface area contributed by atoms with E-state index in [0.29, 0.717) is 5.56 Å². The molecule has 3 aliphatic heterocycles. The monoisotopic (exact) mass is 612 g/mol. The fourth-order valence-electron chi connectivity index (χ4n) is 5.01. The summed E-state index contributed by atoms with van der Waals surface area (Å²) in [6.07, 6.45) is -18.3. The second-order valence-corrected chi connectivity index (χ2v) is 10.3. The average molecular weight is 613 g/mol. The molecule has 2 aromatic carbocycles. The van der Waals surface area contributed by atoms with Gasteiger partial charge in [0.05, 0.1) is 20.1 Å². The number of Topliss-reactive ketones (excluding diaryl/α,β-unsaturated/α-hetero) is 1. The predicted octanol–water partition coefficient (Wildman–Crippen LogP) is -2.23. The number of hydrogen-bond acceptors (Lipinski definition) is 16. The Hall–Kier alpha value is -3.29. The van der Waals surface area contributed by atoms with Gasteiger partial charge in [0, 0.05) is 12.1 Å². The van der Waals surface area contributed by atoms with E-state index in [4.69, 9.17) is 28.4 Å². The quantitative estimate of drug-likeness (QED) is 0.160. The summed E-state index contributed by atoms with van der Waals surface area (Å²) in [5, 5.41) is 91.0. The van der Waals surface area contributed by atoms with E-state index >= 15 is 0 Å². The van der Waals surface area contributed by atoms with Gasteiger partial charge in [-0.25, -0.2) is 0 Å². The predicted molar refractivity (Wildman–Crippen MR) is 137 cm³/mol. The van der Waals surface area contributed by atoms with Crippen molar-refractivity contribution in [2.24, 2.45) is 0 Å². The van der Waals surface area contributed by atoms with E-state index in [1.807, 2.05) is 0 Å². The molecule has 16 heteroatoms. The molecule has 2 fully saturated rings. The van der Waals surface area contributed by atoms with E-state index in [1.54, 1.807) is 6.07 Å². The molecule has 0 radical (unpaired) electrons. The van der Waals surface area contributed by atoms with E-state index in [9.17, 15) is 50.8 Å². The minimum Gasteiger partial charge on any atom is -0.507 e. The van der Waals surface area contributed by atoms with Crippen molar-refractivity contribution in [2.45, 2.75) is 74.1 Å². The Morgan fingerprint density at radius 3 is 2.23 bits per heavy atom. The minimum absolute atomic E-state index is 0.0585. The molecule has 5 rings (SSSR count). The number of aliphatic hydroxyl groups is 7. The fourth-order valence-corrected chi connectivity index (χ4v) is 5.01. The molecule has 43 heavy (non-hydrogen) atoms. The van der Waals surface area contributed by atoms with E-state index in [1.165, 1.54) is 25.3 Å². The molecule has 2 saturated heterocycles. The molecule has 0 aromatic heterocycles. The first-order valence-electron chi connectivity index (χ1n) is 13.2. The van der Waals surface area contributed by atoms with Gasteiger partial charge in [-0.15, -0.1) is 0 Å². The average Bonchev–Trinajstić information content (AvgIpc) is 2.97. The maximum Gasteiger partial charge on any atom is 0.229 e. The summed E-state index contributed by atoms with van der Waals surface area (Å²) in [6.45, 7) is -0.604. The normalized spacial score (nSPS) is 36.0. The van der Waals surface area contributed by atoms with Gasteiger partial charge in [-0.2, -0.15) is 0 Å². The molecule has 11 atom stereocenters. The van der Waals surface area contributed by atoms with Gasteiger partial charge in [-0.05, 0) is 17.7 Å². The summed E-state index contributed by atoms with van der Waals surface area (Å²) in [5.41, 5.74) is 0.397. The highest BCUT2D eigenvalue weighted by Crippen LogP contribution is 2.43. The molecule has 3 aliphatic rings. The van der Waals surface area contributed by atoms with Crippen LogP contribution in [0.15, 0.2) is 30.3 Å². The van der Waals surface area contributed by atoms with E-state index < -0.39 is 85.8 Å². The summed E-state index contributed by atoms with van der Waals surface area (Å²) in [6, 6.07) is 6.76. The van der Waals surface area contributed by atoms with Crippen molar-refractivity contribution < 1.29 is 79.2 Å². The van der Waals surface area contributed by atoms with Crippen molar-refractivity contribution in [2.75, 3.05) is 13.7 Å². The zero-order valence-corrected chi connectivity index (χ0v) is 22.5. The number of carbonyl (C=O) groups excluding carboxylic acids is 1. The molecule has 0 saturated carbocycles. The van der Waals surface area contributed by atoms with E-state index in [-0.39, 0.29) is 35.0 Å². The number of aromatic hydroxyl groups is 2. The number of rotatable bonds is 7. The largest absolute Gasteiger partial charge is 0.507 e. The van der Waals surface area contributed by atoms with Crippen molar-refractivity contribution in [1.29, 1.82) is 0 Å². The third-order valence-electron chi connectivity index (χ3n) is 7.44. The summed E-state index contributed by atoms with van der Waals surface area (Å²) in [5.74, 6) is -1.09. The molecule has 0 bridgehead atoms. The van der Waals surface area contributed by atoms with Crippen molar-refractivity contribution in [3.8, 4) is 28.7 Å². The van der Waals surface area contributed by atoms with Crippen LogP contribution < -0.4 is 14.2 Å². The number of phenolic OH excluding ortho intramolecular Hbond substituents is 2. The zero-order chi connectivity index (χ0) is 31.2. The lowest BCUT2D eigenvalue weighted by Gasteiger charge is -2.42. The maximum atomic E-state index is 12.9. The number of methoxy groups -OCH3 is 1. The van der Waals surface area contributed by atoms with Crippen LogP contribution in [0.25, 0.3) is 0 Å². The molecule has 9 N–H and O–H groups in total. The zero-order valence-electron chi connectivity index (χ0n) is 22.5. The van der Waals surface area contributed by atoms with E-state index in [2.05, 4.69) is 0 Å². The second kappa shape index (κ2) is 12.4. The van der Waals surface area contributed by atoms with Gasteiger partial charge in [0.15, 0.2) is 29.9 Å². The highest BCUT2D eigenvalue weighted by molar-refractivity contribution is 6.02. The number of carbonyl (C=O) groups is 1. The molecular weight excluding hydrogens is 580 g/mol. The number of fused-ring (bicyclic) bond motifs is 1. The Bertz CT molecular complexity index is 1320. The van der Waals surface area contributed by atoms with Gasteiger partial charge < -0.3 is 74.4 Å². The molecule has 0 aliphatic carbocycles. The van der Waals surface area contributed by atoms with Crippen molar-refractivity contribution in [3.63, 3.8) is 0 Å². The Balaban J connectivity index is 1.31. The molecular formula is C27H32O16. The lowest BCUT2D eigenvalue weighted by molar-refractivity contribution is -0.350. The first kappa shape index (κ1) is 31.1. The SMILES string of the molecule is COc1cc(C2CC(=O)c3c(O)cc(OC4OC(COC5OC(O)C(O)C(O)C5O)C(O)C(O)C4O)cc3O2)ccc1O. The molecule has 16 nitrogen and oxygen atoms in total. The van der Waals surface area contributed by atoms with Crippen LogP contribution in [0.3, 0.4) is 0 Å². The van der Waals surface area contributed by atoms with Crippen molar-refractivity contribution in [1.82, 2.24) is 0 Å². The molecule has 11 unspecified atom stereocenters. The first-order chi connectivity index (χ1) is 20.4. The van der Waals surface area contributed by atoms with Crippen LogP contribution in [-0.2, 0) is 14.2 Å². The molecule has 3 heterocycles. The number of aliphatic hydroxyl groups excluding tert-OH is 7. The van der Waals surface area contributed by atoms with Crippen LogP contribution in [-0.4, -0.2) is 127 Å². The Kier molecular flexibility index (Phi) is 8.96. The highest BCUT2D eigenvalue weighted by Gasteiger charge is 2.48. The third kappa shape index (κ3) is 6.07. The lowest BCUT2D eigenvalue weighted by Crippen LogP contribution is -2.61. The Morgan fingerprint density at radius 2 is 1.51 bits per heavy atom. The standard InChI is InChI=1S/C27H32O16/c1-38-15-4-9(2-3-11(15)28)14-7-13(30)18-12(29)5-10(6-16(18)41-14)40-27-24(36)20(32)19(31)17(42-27)8-39-26-23(35)21(33)22(34)25(37)43-26/h2-6,14,17,19-29,31-37H,7-8H2,1H3. The van der Waals surface area contributed by atoms with Gasteiger partial charge >= 0.3 is 0 Å². The number of benzene rings is 2. The van der Waals surface area contributed by atoms with Crippen molar-refractivity contribution >= 4 is 5.78 Å². The van der Waals surface area contributed by atoms with Gasteiger partial charge in [0.1, 0.15) is 71.6 Å². The number of ether oxygens (including phenoxy) is 6. The molecule has 2 aromatic rings. The molecule has 236 valence electrons. The summed E-state index contributed by atoms with van der Waals surface area (Å²) < 4.78 is 32.5. The van der Waals surface area contributed by atoms with Crippen LogP contribution in [0.4, 0.5) is 0 Å². The summed E-state index contributed by atoms with van der Waals surface area (Å²) >= 11 is 0. The summed E-state index contributed by atoms with van der Waals surface area (Å²) in [4.78, 5) is 12.9. The lowest BCUT2D eigenvalue weighted by atomic mass is 9.95. The van der Waals surface area contributed by atoms with Crippen LogP contribution in [0.5, 0.6) is 28.7 Å². The summed E-state index contributed by atoms with van der Waals surface area (Å²) in [7, 11) is 1.37.